The SMILES string of the molecule is CN(C(=O)c1ccc(-c2ccc(F)cc2)cc1)C1CCc2cc(CN3CCC4(CCNC4=O)CC3)ccc2C1. The zero-order valence-electron chi connectivity index (χ0n) is 22.6. The molecule has 39 heavy (non-hydrogen) atoms. The molecule has 3 aromatic rings. The maximum Gasteiger partial charge on any atom is 0.253 e. The van der Waals surface area contributed by atoms with E-state index in [2.05, 4.69) is 28.4 Å². The van der Waals surface area contributed by atoms with Crippen LogP contribution in [0.5, 0.6) is 0 Å². The van der Waals surface area contributed by atoms with Crippen LogP contribution in [-0.4, -0.2) is 54.3 Å². The van der Waals surface area contributed by atoms with E-state index in [-0.39, 0.29) is 29.1 Å². The van der Waals surface area contributed by atoms with E-state index in [0.29, 0.717) is 5.56 Å². The molecule has 0 bridgehead atoms. The van der Waals surface area contributed by atoms with Gasteiger partial charge < -0.3 is 10.2 Å². The number of hydrogen-bond acceptors (Lipinski definition) is 3. The topological polar surface area (TPSA) is 52.7 Å². The third-order valence-electron chi connectivity index (χ3n) is 9.24. The van der Waals surface area contributed by atoms with Gasteiger partial charge in [-0.1, -0.05) is 42.5 Å². The number of likely N-dealkylation sites (tertiary alicyclic amines) is 1. The fourth-order valence-electron chi connectivity index (χ4n) is 6.63. The fraction of sp³-hybridized carbons (Fsp3) is 0.394. The first-order chi connectivity index (χ1) is 18.9. The quantitative estimate of drug-likeness (QED) is 0.497. The van der Waals surface area contributed by atoms with Crippen molar-refractivity contribution in [3.8, 4) is 11.1 Å². The zero-order chi connectivity index (χ0) is 27.0. The van der Waals surface area contributed by atoms with Crippen LogP contribution in [0.15, 0.2) is 66.7 Å². The van der Waals surface area contributed by atoms with Gasteiger partial charge in [0.1, 0.15) is 5.82 Å². The van der Waals surface area contributed by atoms with Gasteiger partial charge in [0.05, 0.1) is 5.41 Å². The van der Waals surface area contributed by atoms with E-state index >= 15 is 0 Å². The van der Waals surface area contributed by atoms with Crippen molar-refractivity contribution in [1.29, 1.82) is 0 Å². The number of likely N-dealkylation sites (N-methyl/N-ethyl adjacent to an activating group) is 1. The van der Waals surface area contributed by atoms with Crippen LogP contribution in [-0.2, 0) is 24.2 Å². The summed E-state index contributed by atoms with van der Waals surface area (Å²) < 4.78 is 13.2. The van der Waals surface area contributed by atoms with Gasteiger partial charge in [-0.15, -0.1) is 0 Å². The highest BCUT2D eigenvalue weighted by atomic mass is 19.1. The van der Waals surface area contributed by atoms with Crippen LogP contribution >= 0.6 is 0 Å². The molecule has 1 N–H and O–H groups in total. The summed E-state index contributed by atoms with van der Waals surface area (Å²) >= 11 is 0. The number of nitrogens with one attached hydrogen (secondary N) is 1. The molecule has 6 heteroatoms. The van der Waals surface area contributed by atoms with Crippen molar-refractivity contribution in [2.45, 2.75) is 51.1 Å². The Hall–Kier alpha value is -3.51. The van der Waals surface area contributed by atoms with E-state index in [0.717, 1.165) is 75.8 Å². The number of piperidine rings is 1. The molecule has 0 saturated carbocycles. The number of carbonyl (C=O) groups excluding carboxylic acids is 2. The molecule has 0 aromatic heterocycles. The standard InChI is InChI=1S/C33H36FN3O2/c1-36(31(38)26-6-4-24(5-7-26)25-8-11-29(34)12-9-25)30-13-10-27-20-23(2-3-28(27)21-30)22-37-18-15-33(16-19-37)14-17-35-32(33)39/h2-9,11-12,20,30H,10,13-19,21-22H2,1H3,(H,35,39). The van der Waals surface area contributed by atoms with Gasteiger partial charge in [0.15, 0.2) is 0 Å². The Bertz CT molecular complexity index is 1360. The number of hydrogen-bond donors (Lipinski definition) is 1. The van der Waals surface area contributed by atoms with Crippen molar-refractivity contribution in [2.24, 2.45) is 5.41 Å². The van der Waals surface area contributed by atoms with Crippen molar-refractivity contribution >= 4 is 11.8 Å². The Morgan fingerprint density at radius 1 is 0.974 bits per heavy atom. The summed E-state index contributed by atoms with van der Waals surface area (Å²) in [7, 11) is 1.91. The Kier molecular flexibility index (Phi) is 6.98. The van der Waals surface area contributed by atoms with Gasteiger partial charge in [-0.05, 0) is 104 Å². The Balaban J connectivity index is 1.06. The van der Waals surface area contributed by atoms with Crippen LogP contribution in [0.25, 0.3) is 11.1 Å². The molecule has 2 amide bonds. The van der Waals surface area contributed by atoms with Crippen LogP contribution in [0.3, 0.4) is 0 Å². The van der Waals surface area contributed by atoms with Crippen molar-refractivity contribution in [3.05, 3.63) is 94.8 Å². The van der Waals surface area contributed by atoms with Gasteiger partial charge in [0, 0.05) is 31.7 Å². The van der Waals surface area contributed by atoms with Crippen molar-refractivity contribution in [2.75, 3.05) is 26.7 Å². The molecule has 1 unspecified atom stereocenters. The average molecular weight is 526 g/mol. The number of halogens is 1. The van der Waals surface area contributed by atoms with Crippen LogP contribution in [0.2, 0.25) is 0 Å². The minimum absolute atomic E-state index is 0.0320. The number of aryl methyl sites for hydroxylation is 1. The molecule has 1 atom stereocenters. The first-order valence-corrected chi connectivity index (χ1v) is 14.1. The molecule has 5 nitrogen and oxygen atoms in total. The Morgan fingerprint density at radius 2 is 1.67 bits per heavy atom. The van der Waals surface area contributed by atoms with Gasteiger partial charge in [-0.25, -0.2) is 4.39 Å². The van der Waals surface area contributed by atoms with Crippen LogP contribution in [0.1, 0.15) is 52.7 Å². The number of nitrogens with zero attached hydrogens (tertiary/aromatic N) is 2. The van der Waals surface area contributed by atoms with E-state index in [1.807, 2.05) is 36.2 Å². The summed E-state index contributed by atoms with van der Waals surface area (Å²) in [4.78, 5) is 29.9. The summed E-state index contributed by atoms with van der Waals surface area (Å²) in [5.41, 5.74) is 6.52. The minimum atomic E-state index is -0.256. The number of carbonyl (C=O) groups is 2. The van der Waals surface area contributed by atoms with Crippen molar-refractivity contribution in [3.63, 3.8) is 0 Å². The molecule has 2 heterocycles. The summed E-state index contributed by atoms with van der Waals surface area (Å²) in [6.07, 6.45) is 5.69. The number of amides is 2. The largest absolute Gasteiger partial charge is 0.356 e. The average Bonchev–Trinajstić information content (AvgIpc) is 3.32. The predicted molar refractivity (Wildman–Crippen MR) is 151 cm³/mol. The van der Waals surface area contributed by atoms with E-state index in [1.165, 1.54) is 28.8 Å². The first kappa shape index (κ1) is 25.8. The highest BCUT2D eigenvalue weighted by Crippen LogP contribution is 2.38. The van der Waals surface area contributed by atoms with Crippen LogP contribution < -0.4 is 5.32 Å². The van der Waals surface area contributed by atoms with Crippen molar-refractivity contribution in [1.82, 2.24) is 15.1 Å². The lowest BCUT2D eigenvalue weighted by Crippen LogP contribution is -2.43. The lowest BCUT2D eigenvalue weighted by molar-refractivity contribution is -0.130. The van der Waals surface area contributed by atoms with Gasteiger partial charge in [-0.3, -0.25) is 14.5 Å². The maximum absolute atomic E-state index is 13.3. The van der Waals surface area contributed by atoms with E-state index < -0.39 is 0 Å². The zero-order valence-corrected chi connectivity index (χ0v) is 22.6. The van der Waals surface area contributed by atoms with E-state index in [1.54, 1.807) is 12.1 Å². The summed E-state index contributed by atoms with van der Waals surface area (Å²) in [5, 5.41) is 3.02. The first-order valence-electron chi connectivity index (χ1n) is 14.1. The van der Waals surface area contributed by atoms with Crippen LogP contribution in [0.4, 0.5) is 4.39 Å². The van der Waals surface area contributed by atoms with Crippen LogP contribution in [0, 0.1) is 11.2 Å². The fourth-order valence-corrected chi connectivity index (χ4v) is 6.63. The summed E-state index contributed by atoms with van der Waals surface area (Å²) in [6.45, 7) is 3.71. The van der Waals surface area contributed by atoms with Gasteiger partial charge in [-0.2, -0.15) is 0 Å². The smallest absolute Gasteiger partial charge is 0.253 e. The third kappa shape index (κ3) is 5.22. The van der Waals surface area contributed by atoms with Gasteiger partial charge in [0.2, 0.25) is 5.91 Å². The predicted octanol–water partition coefficient (Wildman–Crippen LogP) is 5.22. The number of rotatable bonds is 5. The maximum atomic E-state index is 13.3. The highest BCUT2D eigenvalue weighted by Gasteiger charge is 2.44. The lowest BCUT2D eigenvalue weighted by Gasteiger charge is -2.37. The molecule has 3 aliphatic rings. The van der Waals surface area contributed by atoms with E-state index in [9.17, 15) is 14.0 Å². The Labute approximate surface area is 230 Å². The molecule has 6 rings (SSSR count). The van der Waals surface area contributed by atoms with Gasteiger partial charge in [0.25, 0.3) is 5.91 Å². The molecule has 2 fully saturated rings. The van der Waals surface area contributed by atoms with E-state index in [4.69, 9.17) is 0 Å². The second-order valence-electron chi connectivity index (χ2n) is 11.6. The molecule has 3 aromatic carbocycles. The van der Waals surface area contributed by atoms with Gasteiger partial charge >= 0.3 is 0 Å². The second kappa shape index (κ2) is 10.6. The third-order valence-corrected chi connectivity index (χ3v) is 9.24. The number of benzene rings is 3. The molecule has 1 aliphatic carbocycles. The molecular formula is C33H36FN3O2. The lowest BCUT2D eigenvalue weighted by atomic mass is 9.77. The molecule has 2 aliphatic heterocycles. The summed E-state index contributed by atoms with van der Waals surface area (Å²) in [6, 6.07) is 21.0. The molecule has 202 valence electrons. The molecule has 2 saturated heterocycles. The monoisotopic (exact) mass is 525 g/mol. The highest BCUT2D eigenvalue weighted by molar-refractivity contribution is 5.94. The summed E-state index contributed by atoms with van der Waals surface area (Å²) in [5.74, 6) is 0.0358. The normalized spacial score (nSPS) is 20.5. The molecular weight excluding hydrogens is 489 g/mol. The van der Waals surface area contributed by atoms with Crippen molar-refractivity contribution < 1.29 is 14.0 Å². The molecule has 1 spiro atoms. The minimum Gasteiger partial charge on any atom is -0.356 e. The second-order valence-corrected chi connectivity index (χ2v) is 11.6. The number of fused-ring (bicyclic) bond motifs is 1. The Morgan fingerprint density at radius 3 is 2.33 bits per heavy atom. The molecule has 0 radical (unpaired) electrons.